The summed E-state index contributed by atoms with van der Waals surface area (Å²) in [4.78, 5) is 44.1. The van der Waals surface area contributed by atoms with E-state index in [1.54, 1.807) is 37.4 Å². The molecule has 0 saturated heterocycles. The van der Waals surface area contributed by atoms with Crippen molar-refractivity contribution in [3.05, 3.63) is 57.5 Å². The fourth-order valence-corrected chi connectivity index (χ4v) is 3.25. The number of likely N-dealkylation sites (N-methyl/N-ethyl adjacent to an activating group) is 1. The van der Waals surface area contributed by atoms with Crippen LogP contribution in [0.2, 0.25) is 0 Å². The number of carbonyl (C=O) groups excluding carboxylic acids is 2. The molecule has 2 heterocycles. The number of benzene rings is 1. The summed E-state index contributed by atoms with van der Waals surface area (Å²) in [5.74, 6) is 0.223. The molecule has 0 aliphatic heterocycles. The first-order valence-electron chi connectivity index (χ1n) is 7.99. The molecule has 0 fully saturated rings. The number of hydrogen-bond donors (Lipinski definition) is 2. The predicted molar refractivity (Wildman–Crippen MR) is 101 cm³/mol. The lowest BCUT2D eigenvalue weighted by Crippen LogP contribution is -2.29. The van der Waals surface area contributed by atoms with Crippen molar-refractivity contribution >= 4 is 39.1 Å². The predicted octanol–water partition coefficient (Wildman–Crippen LogP) is 2.14. The van der Waals surface area contributed by atoms with Gasteiger partial charge in [0.05, 0.1) is 18.5 Å². The highest BCUT2D eigenvalue weighted by Gasteiger charge is 2.13. The molecule has 0 aliphatic rings. The molecule has 3 aromatic rings. The van der Waals surface area contributed by atoms with E-state index in [1.807, 2.05) is 5.38 Å². The molecule has 3 rings (SSSR count). The van der Waals surface area contributed by atoms with Crippen LogP contribution in [0.15, 0.2) is 40.5 Å². The number of aromatic amines is 1. The van der Waals surface area contributed by atoms with Gasteiger partial charge >= 0.3 is 0 Å². The fourth-order valence-electron chi connectivity index (χ4n) is 2.53. The number of anilines is 1. The highest BCUT2D eigenvalue weighted by atomic mass is 32.1. The molecule has 134 valence electrons. The lowest BCUT2D eigenvalue weighted by Gasteiger charge is -2.16. The lowest BCUT2D eigenvalue weighted by atomic mass is 10.1. The molecule has 2 amide bonds. The number of amides is 2. The number of thiophene rings is 1. The first kappa shape index (κ1) is 17.8. The second kappa shape index (κ2) is 7.49. The standard InChI is InChI=1S/C18H18N4O3S/c1-11(23)19-13-5-3-12(4-6-13)9-16(24)22(2)10-15-20-14-7-8-26-17(14)18(25)21-15/h3-8H,9-10H2,1-2H3,(H,19,23)(H,20,21,25). The van der Waals surface area contributed by atoms with Crippen molar-refractivity contribution in [1.29, 1.82) is 0 Å². The van der Waals surface area contributed by atoms with Gasteiger partial charge in [-0.15, -0.1) is 11.3 Å². The van der Waals surface area contributed by atoms with Crippen LogP contribution in [0, 0.1) is 0 Å². The van der Waals surface area contributed by atoms with Crippen LogP contribution >= 0.6 is 11.3 Å². The topological polar surface area (TPSA) is 95.2 Å². The molecule has 7 nitrogen and oxygen atoms in total. The maximum Gasteiger partial charge on any atom is 0.268 e. The van der Waals surface area contributed by atoms with Crippen LogP contribution in [0.5, 0.6) is 0 Å². The maximum absolute atomic E-state index is 12.4. The van der Waals surface area contributed by atoms with Crippen LogP contribution in [0.4, 0.5) is 5.69 Å². The van der Waals surface area contributed by atoms with Gasteiger partial charge in [-0.25, -0.2) is 4.98 Å². The third-order valence-corrected chi connectivity index (χ3v) is 4.71. The number of hydrogen-bond acceptors (Lipinski definition) is 5. The Hall–Kier alpha value is -3.00. The SMILES string of the molecule is CC(=O)Nc1ccc(CC(=O)N(C)Cc2nc3ccsc3c(=O)[nH]2)cc1. The van der Waals surface area contributed by atoms with E-state index in [1.165, 1.54) is 23.2 Å². The summed E-state index contributed by atoms with van der Waals surface area (Å²) in [5.41, 5.74) is 1.98. The number of rotatable bonds is 5. The molecule has 0 radical (unpaired) electrons. The number of carbonyl (C=O) groups is 2. The third-order valence-electron chi connectivity index (χ3n) is 3.81. The highest BCUT2D eigenvalue weighted by Crippen LogP contribution is 2.14. The van der Waals surface area contributed by atoms with Gasteiger partial charge in [0.25, 0.3) is 5.56 Å². The van der Waals surface area contributed by atoms with Crippen molar-refractivity contribution in [3.8, 4) is 0 Å². The summed E-state index contributed by atoms with van der Waals surface area (Å²) < 4.78 is 0.585. The first-order valence-corrected chi connectivity index (χ1v) is 8.87. The van der Waals surface area contributed by atoms with Crippen LogP contribution in [-0.2, 0) is 22.6 Å². The third kappa shape index (κ3) is 4.15. The zero-order valence-corrected chi connectivity index (χ0v) is 15.2. The summed E-state index contributed by atoms with van der Waals surface area (Å²) in [7, 11) is 1.67. The molecule has 2 aromatic heterocycles. The van der Waals surface area contributed by atoms with Gasteiger partial charge in [0.15, 0.2) is 0 Å². The van der Waals surface area contributed by atoms with Crippen molar-refractivity contribution in [2.75, 3.05) is 12.4 Å². The second-order valence-corrected chi connectivity index (χ2v) is 6.87. The van der Waals surface area contributed by atoms with E-state index < -0.39 is 0 Å². The molecule has 26 heavy (non-hydrogen) atoms. The van der Waals surface area contributed by atoms with E-state index in [2.05, 4.69) is 15.3 Å². The van der Waals surface area contributed by atoms with Gasteiger partial charge in [0.2, 0.25) is 11.8 Å². The number of H-pyrrole nitrogens is 1. The average molecular weight is 370 g/mol. The van der Waals surface area contributed by atoms with Crippen LogP contribution in [0.1, 0.15) is 18.3 Å². The van der Waals surface area contributed by atoms with Crippen molar-refractivity contribution in [2.24, 2.45) is 0 Å². The molecule has 0 saturated carbocycles. The van der Waals surface area contributed by atoms with Crippen LogP contribution in [-0.4, -0.2) is 33.7 Å². The largest absolute Gasteiger partial charge is 0.338 e. The minimum atomic E-state index is -0.186. The van der Waals surface area contributed by atoms with Gasteiger partial charge in [0.1, 0.15) is 10.5 Å². The monoisotopic (exact) mass is 370 g/mol. The Labute approximate surface area is 153 Å². The zero-order valence-electron chi connectivity index (χ0n) is 14.4. The maximum atomic E-state index is 12.4. The summed E-state index contributed by atoms with van der Waals surface area (Å²) in [5, 5.41) is 4.50. The molecule has 0 unspecified atom stereocenters. The van der Waals surface area contributed by atoms with E-state index in [0.29, 0.717) is 21.7 Å². The Morgan fingerprint density at radius 2 is 1.96 bits per heavy atom. The smallest absolute Gasteiger partial charge is 0.268 e. The van der Waals surface area contributed by atoms with Gasteiger partial charge in [-0.1, -0.05) is 12.1 Å². The number of nitrogens with zero attached hydrogens (tertiary/aromatic N) is 2. The molecule has 0 aliphatic carbocycles. The quantitative estimate of drug-likeness (QED) is 0.719. The molecular weight excluding hydrogens is 352 g/mol. The number of nitrogens with one attached hydrogen (secondary N) is 2. The molecule has 0 atom stereocenters. The lowest BCUT2D eigenvalue weighted by molar-refractivity contribution is -0.129. The highest BCUT2D eigenvalue weighted by molar-refractivity contribution is 7.17. The van der Waals surface area contributed by atoms with Crippen molar-refractivity contribution in [1.82, 2.24) is 14.9 Å². The average Bonchev–Trinajstić information content (AvgIpc) is 3.05. The minimum absolute atomic E-state index is 0.0923. The van der Waals surface area contributed by atoms with Crippen molar-refractivity contribution in [2.45, 2.75) is 19.9 Å². The number of fused-ring (bicyclic) bond motifs is 1. The van der Waals surface area contributed by atoms with E-state index >= 15 is 0 Å². The molecule has 8 heteroatoms. The van der Waals surface area contributed by atoms with E-state index in [9.17, 15) is 14.4 Å². The van der Waals surface area contributed by atoms with Crippen molar-refractivity contribution in [3.63, 3.8) is 0 Å². The molecule has 0 spiro atoms. The molecular formula is C18H18N4O3S. The Kier molecular flexibility index (Phi) is 5.13. The normalized spacial score (nSPS) is 10.7. The summed E-state index contributed by atoms with van der Waals surface area (Å²) in [6, 6.07) is 8.90. The minimum Gasteiger partial charge on any atom is -0.338 e. The summed E-state index contributed by atoms with van der Waals surface area (Å²) in [6.45, 7) is 1.67. The van der Waals surface area contributed by atoms with Crippen LogP contribution in [0.25, 0.3) is 10.2 Å². The molecule has 2 N–H and O–H groups in total. The van der Waals surface area contributed by atoms with E-state index in [0.717, 1.165) is 5.56 Å². The van der Waals surface area contributed by atoms with Gasteiger partial charge in [0, 0.05) is 19.7 Å². The second-order valence-electron chi connectivity index (χ2n) is 5.95. The Balaban J connectivity index is 1.65. The summed E-state index contributed by atoms with van der Waals surface area (Å²) >= 11 is 1.34. The van der Waals surface area contributed by atoms with E-state index in [4.69, 9.17) is 0 Å². The summed E-state index contributed by atoms with van der Waals surface area (Å²) in [6.07, 6.45) is 0.224. The van der Waals surface area contributed by atoms with Gasteiger partial charge < -0.3 is 15.2 Å². The van der Waals surface area contributed by atoms with Crippen LogP contribution in [0.3, 0.4) is 0 Å². The van der Waals surface area contributed by atoms with Gasteiger partial charge in [-0.2, -0.15) is 0 Å². The molecule has 0 bridgehead atoms. The fraction of sp³-hybridized carbons (Fsp3) is 0.222. The Bertz CT molecular complexity index is 1010. The first-order chi connectivity index (χ1) is 12.4. The number of aromatic nitrogens is 2. The van der Waals surface area contributed by atoms with Gasteiger partial charge in [-0.3, -0.25) is 14.4 Å². The Morgan fingerprint density at radius 3 is 2.65 bits per heavy atom. The van der Waals surface area contributed by atoms with Crippen LogP contribution < -0.4 is 10.9 Å². The Morgan fingerprint density at radius 1 is 1.23 bits per heavy atom. The zero-order chi connectivity index (χ0) is 18.7. The van der Waals surface area contributed by atoms with Gasteiger partial charge in [-0.05, 0) is 29.1 Å². The van der Waals surface area contributed by atoms with E-state index in [-0.39, 0.29) is 30.3 Å². The molecule has 1 aromatic carbocycles. The van der Waals surface area contributed by atoms with Crippen molar-refractivity contribution < 1.29 is 9.59 Å².